The Kier molecular flexibility index (Phi) is 3.92. The van der Waals surface area contributed by atoms with E-state index in [1.165, 1.54) is 12.1 Å². The topological polar surface area (TPSA) is 98.3 Å². The highest BCUT2D eigenvalue weighted by molar-refractivity contribution is 5.66. The first-order chi connectivity index (χ1) is 11.1. The van der Waals surface area contributed by atoms with Gasteiger partial charge in [-0.1, -0.05) is 30.3 Å². The average Bonchev–Trinajstić information content (AvgIpc) is 3.38. The summed E-state index contributed by atoms with van der Waals surface area (Å²) in [6.07, 6.45) is 2.13. The lowest BCUT2D eigenvalue weighted by atomic mass is 10.0. The van der Waals surface area contributed by atoms with E-state index in [9.17, 15) is 20.2 Å². The molecule has 1 N–H and O–H groups in total. The smallest absolute Gasteiger partial charge is 0.299 e. The third-order valence-electron chi connectivity index (χ3n) is 3.95. The van der Waals surface area contributed by atoms with Gasteiger partial charge in [0, 0.05) is 6.07 Å². The number of rotatable bonds is 6. The normalized spacial score (nSPS) is 15.0. The summed E-state index contributed by atoms with van der Waals surface area (Å²) >= 11 is 0. The predicted molar refractivity (Wildman–Crippen MR) is 85.3 cm³/mol. The van der Waals surface area contributed by atoms with Crippen molar-refractivity contribution in [1.82, 2.24) is 0 Å². The van der Waals surface area contributed by atoms with Gasteiger partial charge in [-0.2, -0.15) is 0 Å². The van der Waals surface area contributed by atoms with Crippen molar-refractivity contribution in [1.29, 1.82) is 0 Å². The van der Waals surface area contributed by atoms with Crippen LogP contribution in [0.1, 0.15) is 24.4 Å². The van der Waals surface area contributed by atoms with E-state index in [1.807, 2.05) is 30.3 Å². The second kappa shape index (κ2) is 6.04. The van der Waals surface area contributed by atoms with Crippen LogP contribution in [0.2, 0.25) is 0 Å². The molecular weight excluding hydrogens is 298 g/mol. The summed E-state index contributed by atoms with van der Waals surface area (Å²) in [6.45, 7) is 0. The van der Waals surface area contributed by atoms with E-state index in [2.05, 4.69) is 5.32 Å². The van der Waals surface area contributed by atoms with Gasteiger partial charge in [-0.15, -0.1) is 0 Å². The molecule has 0 heterocycles. The average molecular weight is 313 g/mol. The van der Waals surface area contributed by atoms with Crippen molar-refractivity contribution < 1.29 is 9.85 Å². The number of hydrogen-bond donors (Lipinski definition) is 1. The Labute approximate surface area is 132 Å². The van der Waals surface area contributed by atoms with Crippen LogP contribution < -0.4 is 5.32 Å². The van der Waals surface area contributed by atoms with Crippen LogP contribution in [0.3, 0.4) is 0 Å². The van der Waals surface area contributed by atoms with Crippen molar-refractivity contribution in [2.45, 2.75) is 18.9 Å². The summed E-state index contributed by atoms with van der Waals surface area (Å²) in [6, 6.07) is 13.4. The summed E-state index contributed by atoms with van der Waals surface area (Å²) in [5.74, 6) is 0.423. The summed E-state index contributed by atoms with van der Waals surface area (Å²) < 4.78 is 0. The van der Waals surface area contributed by atoms with E-state index in [4.69, 9.17) is 0 Å². The van der Waals surface area contributed by atoms with E-state index >= 15 is 0 Å². The van der Waals surface area contributed by atoms with Crippen molar-refractivity contribution in [3.8, 4) is 0 Å². The molecule has 0 spiro atoms. The third kappa shape index (κ3) is 3.28. The van der Waals surface area contributed by atoms with Crippen LogP contribution in [0, 0.1) is 26.1 Å². The number of nitrogens with one attached hydrogen (secondary N) is 1. The molecule has 1 aliphatic carbocycles. The van der Waals surface area contributed by atoms with Crippen LogP contribution >= 0.6 is 0 Å². The van der Waals surface area contributed by atoms with Crippen molar-refractivity contribution in [2.24, 2.45) is 5.92 Å². The predicted octanol–water partition coefficient (Wildman–Crippen LogP) is 4.07. The van der Waals surface area contributed by atoms with Gasteiger partial charge in [0.1, 0.15) is 5.69 Å². The maximum Gasteiger partial charge on any atom is 0.299 e. The van der Waals surface area contributed by atoms with Gasteiger partial charge in [0.25, 0.3) is 11.4 Å². The molecule has 23 heavy (non-hydrogen) atoms. The number of nitro groups is 2. The lowest BCUT2D eigenvalue weighted by Crippen LogP contribution is -2.14. The lowest BCUT2D eigenvalue weighted by molar-refractivity contribution is -0.393. The zero-order valence-electron chi connectivity index (χ0n) is 12.2. The first kappa shape index (κ1) is 15.0. The Balaban J connectivity index is 1.94. The second-order valence-electron chi connectivity index (χ2n) is 5.59. The molecule has 0 unspecified atom stereocenters. The second-order valence-corrected chi connectivity index (χ2v) is 5.59. The largest absolute Gasteiger partial charge is 0.372 e. The van der Waals surface area contributed by atoms with Gasteiger partial charge in [-0.3, -0.25) is 20.2 Å². The van der Waals surface area contributed by atoms with Crippen LogP contribution in [-0.4, -0.2) is 9.85 Å². The van der Waals surface area contributed by atoms with Crippen LogP contribution in [0.15, 0.2) is 48.5 Å². The van der Waals surface area contributed by atoms with Crippen LogP contribution in [0.5, 0.6) is 0 Å². The van der Waals surface area contributed by atoms with Crippen LogP contribution in [0.4, 0.5) is 17.1 Å². The Morgan fingerprint density at radius 3 is 2.26 bits per heavy atom. The molecule has 3 rings (SSSR count). The first-order valence-corrected chi connectivity index (χ1v) is 7.30. The van der Waals surface area contributed by atoms with E-state index in [1.54, 1.807) is 0 Å². The molecule has 0 aromatic heterocycles. The van der Waals surface area contributed by atoms with E-state index in [-0.39, 0.29) is 17.4 Å². The Hall–Kier alpha value is -2.96. The van der Waals surface area contributed by atoms with Crippen molar-refractivity contribution in [3.63, 3.8) is 0 Å². The van der Waals surface area contributed by atoms with Crippen molar-refractivity contribution in [3.05, 3.63) is 74.3 Å². The molecule has 2 aromatic carbocycles. The molecular formula is C16H15N3O4. The summed E-state index contributed by atoms with van der Waals surface area (Å²) in [7, 11) is 0. The zero-order valence-corrected chi connectivity index (χ0v) is 12.2. The molecule has 0 saturated heterocycles. The van der Waals surface area contributed by atoms with E-state index in [0.717, 1.165) is 24.5 Å². The summed E-state index contributed by atoms with van der Waals surface area (Å²) in [4.78, 5) is 20.8. The van der Waals surface area contributed by atoms with Gasteiger partial charge >= 0.3 is 0 Å². The molecule has 2 aromatic rings. The van der Waals surface area contributed by atoms with Gasteiger partial charge < -0.3 is 5.32 Å². The molecule has 1 fully saturated rings. The zero-order chi connectivity index (χ0) is 16.4. The van der Waals surface area contributed by atoms with E-state index < -0.39 is 9.85 Å². The SMILES string of the molecule is O=[N+]([O-])c1ccc(N[C@@H](c2ccccc2)C2CC2)c([N+](=O)[O-])c1. The summed E-state index contributed by atoms with van der Waals surface area (Å²) in [5.41, 5.74) is 0.801. The van der Waals surface area contributed by atoms with Gasteiger partial charge in [0.15, 0.2) is 0 Å². The Morgan fingerprint density at radius 2 is 1.70 bits per heavy atom. The molecule has 7 nitrogen and oxygen atoms in total. The highest BCUT2D eigenvalue weighted by Gasteiger charge is 2.33. The number of benzene rings is 2. The standard InChI is InChI=1S/C16H15N3O4/c20-18(21)13-8-9-14(15(10-13)19(22)23)17-16(12-6-7-12)11-4-2-1-3-5-11/h1-5,8-10,12,16-17H,6-7H2/t16-/m0/s1. The minimum absolute atomic E-state index is 0.0312. The quantitative estimate of drug-likeness (QED) is 0.640. The highest BCUT2D eigenvalue weighted by atomic mass is 16.6. The van der Waals surface area contributed by atoms with Gasteiger partial charge in [0.2, 0.25) is 0 Å². The molecule has 0 amide bonds. The maximum atomic E-state index is 11.2. The van der Waals surface area contributed by atoms with Crippen LogP contribution in [0.25, 0.3) is 0 Å². The van der Waals surface area contributed by atoms with Crippen molar-refractivity contribution >= 4 is 17.1 Å². The summed E-state index contributed by atoms with van der Waals surface area (Å²) in [5, 5.41) is 25.3. The van der Waals surface area contributed by atoms with Gasteiger partial charge in [-0.05, 0) is 30.4 Å². The minimum atomic E-state index is -0.633. The fraction of sp³-hybridized carbons (Fsp3) is 0.250. The third-order valence-corrected chi connectivity index (χ3v) is 3.95. The molecule has 7 heteroatoms. The Morgan fingerprint density at radius 1 is 1.00 bits per heavy atom. The fourth-order valence-corrected chi connectivity index (χ4v) is 2.64. The maximum absolute atomic E-state index is 11.2. The number of anilines is 1. The molecule has 0 aliphatic heterocycles. The number of hydrogen-bond acceptors (Lipinski definition) is 5. The molecule has 1 saturated carbocycles. The first-order valence-electron chi connectivity index (χ1n) is 7.30. The monoisotopic (exact) mass is 313 g/mol. The molecule has 1 atom stereocenters. The van der Waals surface area contributed by atoms with E-state index in [0.29, 0.717) is 11.6 Å². The highest BCUT2D eigenvalue weighted by Crippen LogP contribution is 2.44. The Bertz CT molecular complexity index is 744. The van der Waals surface area contributed by atoms with Crippen LogP contribution in [-0.2, 0) is 0 Å². The minimum Gasteiger partial charge on any atom is -0.372 e. The molecule has 118 valence electrons. The van der Waals surface area contributed by atoms with Gasteiger partial charge in [0.05, 0.1) is 22.0 Å². The van der Waals surface area contributed by atoms with Crippen molar-refractivity contribution in [2.75, 3.05) is 5.32 Å². The number of nitrogens with zero attached hydrogens (tertiary/aromatic N) is 2. The lowest BCUT2D eigenvalue weighted by Gasteiger charge is -2.20. The fourth-order valence-electron chi connectivity index (χ4n) is 2.64. The number of non-ortho nitro benzene ring substituents is 1. The molecule has 0 bridgehead atoms. The molecule has 0 radical (unpaired) electrons. The number of nitro benzene ring substituents is 2. The van der Waals surface area contributed by atoms with Gasteiger partial charge in [-0.25, -0.2) is 0 Å². The molecule has 1 aliphatic rings.